The SMILES string of the molecule is COc1ccc(OC[C@@H](O)CN(CCC(C)C)Cc2ccc(F)cc2F)cc1. The van der Waals surface area contributed by atoms with Crippen LogP contribution in [-0.4, -0.2) is 42.9 Å². The van der Waals surface area contributed by atoms with E-state index in [4.69, 9.17) is 9.47 Å². The fraction of sp³-hybridized carbons (Fsp3) is 0.455. The predicted octanol–water partition coefficient (Wildman–Crippen LogP) is 4.26. The number of hydrogen-bond acceptors (Lipinski definition) is 4. The van der Waals surface area contributed by atoms with Crippen LogP contribution in [0.1, 0.15) is 25.8 Å². The molecule has 0 aliphatic carbocycles. The molecular weight excluding hydrogens is 364 g/mol. The first-order valence-corrected chi connectivity index (χ1v) is 9.48. The Bertz CT molecular complexity index is 722. The number of nitrogens with zero attached hydrogens (tertiary/aromatic N) is 1. The van der Waals surface area contributed by atoms with E-state index in [0.29, 0.717) is 36.9 Å². The second kappa shape index (κ2) is 11.0. The van der Waals surface area contributed by atoms with E-state index < -0.39 is 17.7 Å². The fourth-order valence-corrected chi connectivity index (χ4v) is 2.78. The van der Waals surface area contributed by atoms with Gasteiger partial charge in [0.05, 0.1) is 7.11 Å². The fourth-order valence-electron chi connectivity index (χ4n) is 2.78. The average Bonchev–Trinajstić information content (AvgIpc) is 2.67. The molecule has 2 rings (SSSR count). The predicted molar refractivity (Wildman–Crippen MR) is 106 cm³/mol. The van der Waals surface area contributed by atoms with Crippen molar-refractivity contribution in [3.8, 4) is 11.5 Å². The summed E-state index contributed by atoms with van der Waals surface area (Å²) in [5, 5.41) is 10.4. The minimum Gasteiger partial charge on any atom is -0.497 e. The van der Waals surface area contributed by atoms with Crippen LogP contribution in [-0.2, 0) is 6.54 Å². The third kappa shape index (κ3) is 7.44. The van der Waals surface area contributed by atoms with Crippen molar-refractivity contribution in [1.82, 2.24) is 4.90 Å². The Hall–Kier alpha value is -2.18. The minimum atomic E-state index is -0.738. The summed E-state index contributed by atoms with van der Waals surface area (Å²) in [6.45, 7) is 5.68. The molecule has 0 aromatic heterocycles. The molecule has 0 radical (unpaired) electrons. The zero-order valence-electron chi connectivity index (χ0n) is 16.7. The van der Waals surface area contributed by atoms with Crippen molar-refractivity contribution in [3.05, 3.63) is 59.7 Å². The highest BCUT2D eigenvalue weighted by molar-refractivity contribution is 5.31. The summed E-state index contributed by atoms with van der Waals surface area (Å²) in [4.78, 5) is 1.97. The largest absolute Gasteiger partial charge is 0.497 e. The van der Waals surface area contributed by atoms with Gasteiger partial charge in [0.1, 0.15) is 35.8 Å². The molecule has 154 valence electrons. The van der Waals surface area contributed by atoms with E-state index >= 15 is 0 Å². The summed E-state index contributed by atoms with van der Waals surface area (Å²) in [6.07, 6.45) is 0.173. The molecule has 0 aliphatic rings. The normalized spacial score (nSPS) is 12.4. The van der Waals surface area contributed by atoms with Crippen LogP contribution in [0.4, 0.5) is 8.78 Å². The Balaban J connectivity index is 1.93. The van der Waals surface area contributed by atoms with E-state index in [1.165, 1.54) is 12.1 Å². The highest BCUT2D eigenvalue weighted by Crippen LogP contribution is 2.18. The highest BCUT2D eigenvalue weighted by Gasteiger charge is 2.16. The molecule has 0 heterocycles. The summed E-state index contributed by atoms with van der Waals surface area (Å²) >= 11 is 0. The van der Waals surface area contributed by atoms with Gasteiger partial charge in [0.25, 0.3) is 0 Å². The molecule has 0 saturated heterocycles. The second-order valence-electron chi connectivity index (χ2n) is 7.29. The second-order valence-corrected chi connectivity index (χ2v) is 7.29. The zero-order valence-corrected chi connectivity index (χ0v) is 16.7. The van der Waals surface area contributed by atoms with Crippen molar-refractivity contribution >= 4 is 0 Å². The molecule has 1 N–H and O–H groups in total. The molecule has 2 aromatic rings. The average molecular weight is 393 g/mol. The molecule has 0 unspecified atom stereocenters. The first-order valence-electron chi connectivity index (χ1n) is 9.48. The van der Waals surface area contributed by atoms with Gasteiger partial charge in [-0.1, -0.05) is 19.9 Å². The van der Waals surface area contributed by atoms with Gasteiger partial charge in [0.2, 0.25) is 0 Å². The van der Waals surface area contributed by atoms with Gasteiger partial charge in [0, 0.05) is 24.7 Å². The van der Waals surface area contributed by atoms with E-state index in [1.54, 1.807) is 31.4 Å². The zero-order chi connectivity index (χ0) is 20.5. The van der Waals surface area contributed by atoms with Crippen LogP contribution in [0.25, 0.3) is 0 Å². The van der Waals surface area contributed by atoms with Crippen molar-refractivity contribution in [3.63, 3.8) is 0 Å². The van der Waals surface area contributed by atoms with Gasteiger partial charge in [-0.05, 0) is 49.2 Å². The molecular formula is C22H29F2NO3. The Morgan fingerprint density at radius 2 is 1.71 bits per heavy atom. The summed E-state index contributed by atoms with van der Waals surface area (Å²) in [5.74, 6) is 0.682. The van der Waals surface area contributed by atoms with E-state index in [-0.39, 0.29) is 6.61 Å². The van der Waals surface area contributed by atoms with Crippen LogP contribution in [0.3, 0.4) is 0 Å². The Kier molecular flexibility index (Phi) is 8.67. The van der Waals surface area contributed by atoms with Crippen molar-refractivity contribution in [2.24, 2.45) is 5.92 Å². The molecule has 1 atom stereocenters. The monoisotopic (exact) mass is 393 g/mol. The molecule has 0 bridgehead atoms. The maximum atomic E-state index is 14.0. The lowest BCUT2D eigenvalue weighted by Crippen LogP contribution is -2.36. The Morgan fingerprint density at radius 1 is 1.04 bits per heavy atom. The topological polar surface area (TPSA) is 41.9 Å². The van der Waals surface area contributed by atoms with Gasteiger partial charge in [-0.3, -0.25) is 4.90 Å². The quantitative estimate of drug-likeness (QED) is 0.619. The number of hydrogen-bond donors (Lipinski definition) is 1. The summed E-state index contributed by atoms with van der Waals surface area (Å²) in [5.41, 5.74) is 0.411. The van der Waals surface area contributed by atoms with Gasteiger partial charge in [-0.2, -0.15) is 0 Å². The molecule has 4 nitrogen and oxygen atoms in total. The molecule has 28 heavy (non-hydrogen) atoms. The summed E-state index contributed by atoms with van der Waals surface area (Å²) < 4.78 is 37.9. The number of methoxy groups -OCH3 is 1. The van der Waals surface area contributed by atoms with E-state index in [1.807, 2.05) is 4.90 Å². The number of aliphatic hydroxyl groups is 1. The van der Waals surface area contributed by atoms with Gasteiger partial charge >= 0.3 is 0 Å². The van der Waals surface area contributed by atoms with E-state index in [9.17, 15) is 13.9 Å². The van der Waals surface area contributed by atoms with Crippen molar-refractivity contribution in [1.29, 1.82) is 0 Å². The van der Waals surface area contributed by atoms with Crippen LogP contribution in [0, 0.1) is 17.6 Å². The first kappa shape index (κ1) is 22.1. The summed E-state index contributed by atoms with van der Waals surface area (Å²) in [7, 11) is 1.59. The third-order valence-corrected chi connectivity index (χ3v) is 4.40. The van der Waals surface area contributed by atoms with Crippen LogP contribution >= 0.6 is 0 Å². The number of ether oxygens (including phenoxy) is 2. The number of halogens is 2. The molecule has 6 heteroatoms. The lowest BCUT2D eigenvalue weighted by Gasteiger charge is -2.26. The lowest BCUT2D eigenvalue weighted by molar-refractivity contribution is 0.0635. The van der Waals surface area contributed by atoms with Gasteiger partial charge < -0.3 is 14.6 Å². The van der Waals surface area contributed by atoms with Crippen molar-refractivity contribution in [2.75, 3.05) is 26.8 Å². The molecule has 0 amide bonds. The Morgan fingerprint density at radius 3 is 2.32 bits per heavy atom. The van der Waals surface area contributed by atoms with Crippen LogP contribution in [0.5, 0.6) is 11.5 Å². The number of benzene rings is 2. The first-order chi connectivity index (χ1) is 13.4. The molecule has 0 aliphatic heterocycles. The van der Waals surface area contributed by atoms with Crippen LogP contribution < -0.4 is 9.47 Å². The third-order valence-electron chi connectivity index (χ3n) is 4.40. The number of rotatable bonds is 11. The Labute approximate surface area is 165 Å². The maximum absolute atomic E-state index is 14.0. The van der Waals surface area contributed by atoms with Crippen LogP contribution in [0.15, 0.2) is 42.5 Å². The smallest absolute Gasteiger partial charge is 0.130 e. The summed E-state index contributed by atoms with van der Waals surface area (Å²) in [6, 6.07) is 10.7. The van der Waals surface area contributed by atoms with Gasteiger partial charge in [0.15, 0.2) is 0 Å². The van der Waals surface area contributed by atoms with Crippen molar-refractivity contribution in [2.45, 2.75) is 32.9 Å². The van der Waals surface area contributed by atoms with E-state index in [0.717, 1.165) is 18.2 Å². The molecule has 0 saturated carbocycles. The molecule has 2 aromatic carbocycles. The number of aliphatic hydroxyl groups excluding tert-OH is 1. The minimum absolute atomic E-state index is 0.121. The van der Waals surface area contributed by atoms with Crippen LogP contribution in [0.2, 0.25) is 0 Å². The van der Waals surface area contributed by atoms with Crippen molar-refractivity contribution < 1.29 is 23.4 Å². The lowest BCUT2D eigenvalue weighted by atomic mass is 10.1. The van der Waals surface area contributed by atoms with E-state index in [2.05, 4.69) is 13.8 Å². The van der Waals surface area contributed by atoms with Gasteiger partial charge in [-0.15, -0.1) is 0 Å². The maximum Gasteiger partial charge on any atom is 0.130 e. The standard InChI is InChI=1S/C22H29F2NO3/c1-16(2)10-11-25(13-17-4-5-18(23)12-22(17)24)14-19(26)15-28-21-8-6-20(27-3)7-9-21/h4-9,12,16,19,26H,10-11,13-15H2,1-3H3/t19-/m0/s1. The molecule has 0 spiro atoms. The van der Waals surface area contributed by atoms with Gasteiger partial charge in [-0.25, -0.2) is 8.78 Å². The molecule has 0 fully saturated rings. The highest BCUT2D eigenvalue weighted by atomic mass is 19.1.